The first kappa shape index (κ1) is 11.6. The van der Waals surface area contributed by atoms with Gasteiger partial charge in [0.2, 0.25) is 0 Å². The van der Waals surface area contributed by atoms with E-state index in [4.69, 9.17) is 17.3 Å². The molecule has 1 rings (SSSR count). The minimum Gasteiger partial charge on any atom is -0.398 e. The second-order valence-corrected chi connectivity index (χ2v) is 3.50. The van der Waals surface area contributed by atoms with E-state index in [-0.39, 0.29) is 5.91 Å². The average molecular weight is 225 g/mol. The normalized spacial score (nSPS) is 9.67. The molecule has 0 spiro atoms. The molecule has 4 heteroatoms. The Hall–Kier alpha value is -1.48. The smallest absolute Gasteiger partial charge is 0.253 e. The van der Waals surface area contributed by atoms with Crippen LogP contribution in [0.5, 0.6) is 0 Å². The zero-order valence-electron chi connectivity index (χ0n) is 8.29. The molecule has 0 aromatic heterocycles. The molecule has 0 aliphatic rings. The van der Waals surface area contributed by atoms with Crippen molar-refractivity contribution in [1.29, 1.82) is 0 Å². The number of rotatable bonds is 4. The monoisotopic (exact) mass is 224 g/mol. The molecule has 3 N–H and O–H groups in total. The highest BCUT2D eigenvalue weighted by Gasteiger charge is 2.08. The fourth-order valence-corrected chi connectivity index (χ4v) is 1.30. The van der Waals surface area contributed by atoms with Gasteiger partial charge in [-0.25, -0.2) is 0 Å². The van der Waals surface area contributed by atoms with E-state index in [9.17, 15) is 4.79 Å². The van der Waals surface area contributed by atoms with E-state index >= 15 is 0 Å². The van der Waals surface area contributed by atoms with Gasteiger partial charge >= 0.3 is 0 Å². The number of benzene rings is 1. The zero-order valence-corrected chi connectivity index (χ0v) is 9.05. The van der Waals surface area contributed by atoms with Crippen LogP contribution in [0.4, 0.5) is 5.69 Å². The van der Waals surface area contributed by atoms with Gasteiger partial charge in [-0.3, -0.25) is 4.79 Å². The van der Waals surface area contributed by atoms with Crippen molar-refractivity contribution in [2.45, 2.75) is 6.42 Å². The predicted octanol–water partition coefficient (Wildman–Crippen LogP) is 2.23. The molecule has 0 aliphatic heterocycles. The Morgan fingerprint density at radius 1 is 1.60 bits per heavy atom. The first-order valence-electron chi connectivity index (χ1n) is 4.59. The summed E-state index contributed by atoms with van der Waals surface area (Å²) < 4.78 is 0. The number of nitrogens with one attached hydrogen (secondary N) is 1. The van der Waals surface area contributed by atoms with Crippen molar-refractivity contribution >= 4 is 23.2 Å². The second-order valence-electron chi connectivity index (χ2n) is 3.06. The van der Waals surface area contributed by atoms with Crippen molar-refractivity contribution in [3.63, 3.8) is 0 Å². The summed E-state index contributed by atoms with van der Waals surface area (Å²) in [5, 5.41) is 3.25. The fraction of sp³-hybridized carbons (Fsp3) is 0.182. The summed E-state index contributed by atoms with van der Waals surface area (Å²) in [5.74, 6) is -0.189. The van der Waals surface area contributed by atoms with Crippen LogP contribution in [-0.4, -0.2) is 12.5 Å². The van der Waals surface area contributed by atoms with E-state index in [0.717, 1.165) is 6.42 Å². The van der Waals surface area contributed by atoms with Crippen LogP contribution >= 0.6 is 11.6 Å². The van der Waals surface area contributed by atoms with Gasteiger partial charge in [0.15, 0.2) is 0 Å². The maximum Gasteiger partial charge on any atom is 0.253 e. The van der Waals surface area contributed by atoms with E-state index in [1.165, 1.54) is 0 Å². The summed E-state index contributed by atoms with van der Waals surface area (Å²) in [6.07, 6.45) is 2.48. The minimum absolute atomic E-state index is 0.189. The standard InChI is InChI=1S/C11H13ClN2O/c1-2-3-6-14-11(15)9-5-4-8(12)7-10(9)13/h2,4-5,7H,1,3,6,13H2,(H,14,15). The van der Waals surface area contributed by atoms with Crippen LogP contribution in [0.2, 0.25) is 5.02 Å². The Kier molecular flexibility index (Phi) is 4.18. The van der Waals surface area contributed by atoms with Crippen molar-refractivity contribution < 1.29 is 4.79 Å². The van der Waals surface area contributed by atoms with E-state index in [1.807, 2.05) is 0 Å². The first-order chi connectivity index (χ1) is 7.15. The van der Waals surface area contributed by atoms with Crippen LogP contribution in [0, 0.1) is 0 Å². The molecule has 0 atom stereocenters. The van der Waals surface area contributed by atoms with Crippen molar-refractivity contribution in [2.75, 3.05) is 12.3 Å². The Bertz CT molecular complexity index is 377. The van der Waals surface area contributed by atoms with Gasteiger partial charge in [-0.05, 0) is 24.6 Å². The molecule has 1 amide bonds. The number of hydrogen-bond donors (Lipinski definition) is 2. The molecule has 15 heavy (non-hydrogen) atoms. The van der Waals surface area contributed by atoms with Crippen LogP contribution in [0.15, 0.2) is 30.9 Å². The van der Waals surface area contributed by atoms with Gasteiger partial charge in [0.1, 0.15) is 0 Å². The quantitative estimate of drug-likeness (QED) is 0.468. The van der Waals surface area contributed by atoms with Crippen LogP contribution < -0.4 is 11.1 Å². The molecule has 0 bridgehead atoms. The third kappa shape index (κ3) is 3.29. The van der Waals surface area contributed by atoms with E-state index in [0.29, 0.717) is 22.8 Å². The second kappa shape index (κ2) is 5.41. The number of anilines is 1. The van der Waals surface area contributed by atoms with E-state index in [2.05, 4.69) is 11.9 Å². The molecule has 0 heterocycles. The van der Waals surface area contributed by atoms with Gasteiger partial charge in [0, 0.05) is 17.3 Å². The van der Waals surface area contributed by atoms with Crippen LogP contribution in [-0.2, 0) is 0 Å². The average Bonchev–Trinajstić information content (AvgIpc) is 2.17. The number of halogens is 1. The molecule has 0 radical (unpaired) electrons. The molecule has 0 aliphatic carbocycles. The summed E-state index contributed by atoms with van der Waals surface area (Å²) in [7, 11) is 0. The Morgan fingerprint density at radius 3 is 2.93 bits per heavy atom. The van der Waals surface area contributed by atoms with Gasteiger partial charge in [-0.1, -0.05) is 17.7 Å². The van der Waals surface area contributed by atoms with Gasteiger partial charge in [0.25, 0.3) is 5.91 Å². The Labute approximate surface area is 93.9 Å². The van der Waals surface area contributed by atoms with Gasteiger partial charge in [-0.15, -0.1) is 6.58 Å². The summed E-state index contributed by atoms with van der Waals surface area (Å²) in [6, 6.07) is 4.81. The Balaban J connectivity index is 2.69. The summed E-state index contributed by atoms with van der Waals surface area (Å²) >= 11 is 5.72. The number of hydrogen-bond acceptors (Lipinski definition) is 2. The SMILES string of the molecule is C=CCCNC(=O)c1ccc(Cl)cc1N. The highest BCUT2D eigenvalue weighted by atomic mass is 35.5. The number of carbonyl (C=O) groups is 1. The maximum atomic E-state index is 11.6. The number of amides is 1. The molecular formula is C11H13ClN2O. The van der Waals surface area contributed by atoms with Crippen molar-refractivity contribution in [2.24, 2.45) is 0 Å². The minimum atomic E-state index is -0.189. The molecule has 0 unspecified atom stereocenters. The van der Waals surface area contributed by atoms with Crippen LogP contribution in [0.3, 0.4) is 0 Å². The van der Waals surface area contributed by atoms with Gasteiger partial charge < -0.3 is 11.1 Å². The third-order valence-corrected chi connectivity index (χ3v) is 2.13. The summed E-state index contributed by atoms with van der Waals surface area (Å²) in [6.45, 7) is 4.13. The molecule has 1 aromatic rings. The lowest BCUT2D eigenvalue weighted by atomic mass is 10.1. The maximum absolute atomic E-state index is 11.6. The molecule has 0 saturated carbocycles. The lowest BCUT2D eigenvalue weighted by molar-refractivity contribution is 0.0955. The zero-order chi connectivity index (χ0) is 11.3. The molecule has 1 aromatic carbocycles. The van der Waals surface area contributed by atoms with Gasteiger partial charge in [-0.2, -0.15) is 0 Å². The van der Waals surface area contributed by atoms with E-state index in [1.54, 1.807) is 24.3 Å². The van der Waals surface area contributed by atoms with Crippen molar-refractivity contribution in [1.82, 2.24) is 5.32 Å². The van der Waals surface area contributed by atoms with Crippen molar-refractivity contribution in [3.8, 4) is 0 Å². The molecule has 0 saturated heterocycles. The third-order valence-electron chi connectivity index (χ3n) is 1.89. The molecular weight excluding hydrogens is 212 g/mol. The van der Waals surface area contributed by atoms with Gasteiger partial charge in [0.05, 0.1) is 5.56 Å². The summed E-state index contributed by atoms with van der Waals surface area (Å²) in [5.41, 5.74) is 6.50. The largest absolute Gasteiger partial charge is 0.398 e. The van der Waals surface area contributed by atoms with E-state index < -0.39 is 0 Å². The molecule has 80 valence electrons. The number of nitrogen functional groups attached to an aromatic ring is 1. The molecule has 3 nitrogen and oxygen atoms in total. The predicted molar refractivity (Wildman–Crippen MR) is 63.0 cm³/mol. The fourth-order valence-electron chi connectivity index (χ4n) is 1.12. The first-order valence-corrected chi connectivity index (χ1v) is 4.97. The number of nitrogens with two attached hydrogens (primary N) is 1. The van der Waals surface area contributed by atoms with Crippen LogP contribution in [0.1, 0.15) is 16.8 Å². The number of carbonyl (C=O) groups excluding carboxylic acids is 1. The lowest BCUT2D eigenvalue weighted by Gasteiger charge is -2.06. The lowest BCUT2D eigenvalue weighted by Crippen LogP contribution is -2.24. The topological polar surface area (TPSA) is 55.1 Å². The summed E-state index contributed by atoms with van der Waals surface area (Å²) in [4.78, 5) is 11.6. The highest BCUT2D eigenvalue weighted by molar-refractivity contribution is 6.31. The highest BCUT2D eigenvalue weighted by Crippen LogP contribution is 2.17. The van der Waals surface area contributed by atoms with Crippen LogP contribution in [0.25, 0.3) is 0 Å². The van der Waals surface area contributed by atoms with Crippen molar-refractivity contribution in [3.05, 3.63) is 41.4 Å². The molecule has 0 fully saturated rings. The Morgan fingerprint density at radius 2 is 2.33 bits per heavy atom.